The minimum Gasteiger partial charge on any atom is -0.466 e. The molecule has 4 nitrogen and oxygen atoms in total. The van der Waals surface area contributed by atoms with Crippen molar-refractivity contribution in [2.75, 3.05) is 14.2 Å². The molecule has 0 aromatic rings. The Labute approximate surface area is 84.4 Å². The number of hydrogen-bond donors (Lipinski definition) is 0. The van der Waals surface area contributed by atoms with Crippen LogP contribution in [0.4, 0.5) is 0 Å². The van der Waals surface area contributed by atoms with Crippen LogP contribution in [0.3, 0.4) is 0 Å². The molecule has 1 aliphatic heterocycles. The van der Waals surface area contributed by atoms with Crippen LogP contribution in [0.5, 0.6) is 0 Å². The Kier molecular flexibility index (Phi) is 2.85. The number of carbonyl (C=O) groups excluding carboxylic acids is 1. The zero-order valence-electron chi connectivity index (χ0n) is 9.33. The van der Waals surface area contributed by atoms with Crippen molar-refractivity contribution in [2.45, 2.75) is 26.8 Å². The van der Waals surface area contributed by atoms with Crippen LogP contribution in [0.2, 0.25) is 0 Å². The van der Waals surface area contributed by atoms with Gasteiger partial charge in [-0.05, 0) is 5.41 Å². The molecule has 0 aromatic heterocycles. The van der Waals surface area contributed by atoms with Crippen LogP contribution in [0.1, 0.15) is 20.8 Å². The summed E-state index contributed by atoms with van der Waals surface area (Å²) in [6.45, 7) is 6.17. The average Bonchev–Trinajstić information content (AvgIpc) is 2.44. The van der Waals surface area contributed by atoms with Gasteiger partial charge in [-0.15, -0.1) is 5.06 Å². The van der Waals surface area contributed by atoms with Crippen molar-refractivity contribution < 1.29 is 14.4 Å². The second-order valence-corrected chi connectivity index (χ2v) is 4.48. The Bertz CT molecular complexity index is 265. The molecule has 1 aliphatic rings. The van der Waals surface area contributed by atoms with E-state index in [2.05, 4.69) is 20.8 Å². The summed E-state index contributed by atoms with van der Waals surface area (Å²) in [4.78, 5) is 16.6. The summed E-state index contributed by atoms with van der Waals surface area (Å²) < 4.78 is 4.69. The van der Waals surface area contributed by atoms with Crippen LogP contribution in [-0.4, -0.2) is 31.2 Å². The molecule has 1 heterocycles. The highest BCUT2D eigenvalue weighted by Crippen LogP contribution is 2.33. The molecule has 0 radical (unpaired) electrons. The standard InChI is InChI=1S/C10H17NO3/c1-10(2,3)8-7(9(12)13-5)6-14-11(8)4/h6,8H,1-5H3. The van der Waals surface area contributed by atoms with E-state index in [0.29, 0.717) is 5.57 Å². The maximum atomic E-state index is 11.4. The Morgan fingerprint density at radius 2 is 2.14 bits per heavy atom. The summed E-state index contributed by atoms with van der Waals surface area (Å²) in [6.07, 6.45) is 1.46. The number of esters is 1. The van der Waals surface area contributed by atoms with Crippen LogP contribution < -0.4 is 0 Å². The SMILES string of the molecule is COC(=O)C1=CON(C)C1C(C)(C)C. The molecule has 0 aromatic carbocycles. The lowest BCUT2D eigenvalue weighted by Gasteiger charge is -2.31. The monoisotopic (exact) mass is 199 g/mol. The molecule has 0 fully saturated rings. The van der Waals surface area contributed by atoms with Gasteiger partial charge in [-0.3, -0.25) is 0 Å². The summed E-state index contributed by atoms with van der Waals surface area (Å²) in [5.74, 6) is -0.325. The van der Waals surface area contributed by atoms with Gasteiger partial charge in [-0.25, -0.2) is 4.79 Å². The molecule has 1 atom stereocenters. The highest BCUT2D eigenvalue weighted by molar-refractivity contribution is 5.89. The van der Waals surface area contributed by atoms with Crippen molar-refractivity contribution in [1.82, 2.24) is 5.06 Å². The van der Waals surface area contributed by atoms with Gasteiger partial charge in [0.05, 0.1) is 18.7 Å². The molecule has 0 amide bonds. The minimum absolute atomic E-state index is 0.0602. The summed E-state index contributed by atoms with van der Waals surface area (Å²) in [5.41, 5.74) is 0.508. The van der Waals surface area contributed by atoms with Crippen LogP contribution in [0, 0.1) is 5.41 Å². The van der Waals surface area contributed by atoms with Crippen molar-refractivity contribution in [2.24, 2.45) is 5.41 Å². The second kappa shape index (κ2) is 3.61. The maximum Gasteiger partial charge on any atom is 0.338 e. The predicted molar refractivity (Wildman–Crippen MR) is 52.2 cm³/mol. The number of carbonyl (C=O) groups is 1. The molecule has 0 saturated carbocycles. The number of hydroxylamine groups is 2. The second-order valence-electron chi connectivity index (χ2n) is 4.48. The fourth-order valence-electron chi connectivity index (χ4n) is 1.75. The lowest BCUT2D eigenvalue weighted by atomic mass is 9.82. The smallest absolute Gasteiger partial charge is 0.338 e. The molecule has 1 unspecified atom stereocenters. The van der Waals surface area contributed by atoms with Gasteiger partial charge < -0.3 is 9.57 Å². The minimum atomic E-state index is -0.325. The Balaban J connectivity index is 2.91. The molecule has 4 heteroatoms. The first kappa shape index (κ1) is 11.0. The lowest BCUT2D eigenvalue weighted by molar-refractivity contribution is -0.139. The molecule has 0 spiro atoms. The van der Waals surface area contributed by atoms with E-state index in [0.717, 1.165) is 0 Å². The average molecular weight is 199 g/mol. The number of hydrogen-bond acceptors (Lipinski definition) is 4. The summed E-state index contributed by atoms with van der Waals surface area (Å²) in [6, 6.07) is -0.0602. The van der Waals surface area contributed by atoms with Crippen LogP contribution in [-0.2, 0) is 14.4 Å². The van der Waals surface area contributed by atoms with Crippen molar-refractivity contribution in [3.05, 3.63) is 11.8 Å². The lowest BCUT2D eigenvalue weighted by Crippen LogP contribution is -2.40. The zero-order chi connectivity index (χ0) is 10.9. The Morgan fingerprint density at radius 3 is 2.57 bits per heavy atom. The van der Waals surface area contributed by atoms with E-state index in [4.69, 9.17) is 9.57 Å². The summed E-state index contributed by atoms with van der Waals surface area (Å²) in [7, 11) is 3.18. The molecule has 0 N–H and O–H groups in total. The Hall–Kier alpha value is -1.03. The number of nitrogens with zero attached hydrogens (tertiary/aromatic N) is 1. The van der Waals surface area contributed by atoms with Crippen LogP contribution in [0.25, 0.3) is 0 Å². The molecule has 1 rings (SSSR count). The van der Waals surface area contributed by atoms with E-state index in [9.17, 15) is 4.79 Å². The van der Waals surface area contributed by atoms with Crippen molar-refractivity contribution in [1.29, 1.82) is 0 Å². The number of ether oxygens (including phenoxy) is 1. The first-order chi connectivity index (χ1) is 6.38. The largest absolute Gasteiger partial charge is 0.466 e. The van der Waals surface area contributed by atoms with Gasteiger partial charge in [-0.2, -0.15) is 0 Å². The van der Waals surface area contributed by atoms with E-state index in [1.54, 1.807) is 5.06 Å². The van der Waals surface area contributed by atoms with Crippen molar-refractivity contribution in [3.63, 3.8) is 0 Å². The normalized spacial score (nSPS) is 22.9. The van der Waals surface area contributed by atoms with Gasteiger partial charge in [0, 0.05) is 7.05 Å². The van der Waals surface area contributed by atoms with Gasteiger partial charge in [-0.1, -0.05) is 20.8 Å². The van der Waals surface area contributed by atoms with Gasteiger partial charge in [0.2, 0.25) is 0 Å². The first-order valence-corrected chi connectivity index (χ1v) is 4.56. The maximum absolute atomic E-state index is 11.4. The fraction of sp³-hybridized carbons (Fsp3) is 0.700. The van der Waals surface area contributed by atoms with E-state index < -0.39 is 0 Å². The quantitative estimate of drug-likeness (QED) is 0.597. The van der Waals surface area contributed by atoms with Crippen LogP contribution in [0.15, 0.2) is 11.8 Å². The molecular weight excluding hydrogens is 182 g/mol. The topological polar surface area (TPSA) is 38.8 Å². The fourth-order valence-corrected chi connectivity index (χ4v) is 1.75. The van der Waals surface area contributed by atoms with Gasteiger partial charge in [0.1, 0.15) is 6.26 Å². The molecule has 0 bridgehead atoms. The van der Waals surface area contributed by atoms with Gasteiger partial charge in [0.25, 0.3) is 0 Å². The molecular formula is C10H17NO3. The molecule has 0 saturated heterocycles. The summed E-state index contributed by atoms with van der Waals surface area (Å²) in [5, 5.41) is 1.67. The highest BCUT2D eigenvalue weighted by Gasteiger charge is 2.40. The van der Waals surface area contributed by atoms with E-state index in [-0.39, 0.29) is 17.4 Å². The van der Waals surface area contributed by atoms with Crippen molar-refractivity contribution >= 4 is 5.97 Å². The number of likely N-dealkylation sites (N-methyl/N-ethyl adjacent to an activating group) is 1. The van der Waals surface area contributed by atoms with E-state index >= 15 is 0 Å². The third-order valence-corrected chi connectivity index (χ3v) is 2.25. The zero-order valence-corrected chi connectivity index (χ0v) is 9.33. The van der Waals surface area contributed by atoms with E-state index in [1.807, 2.05) is 7.05 Å². The Morgan fingerprint density at radius 1 is 1.57 bits per heavy atom. The summed E-state index contributed by atoms with van der Waals surface area (Å²) >= 11 is 0. The molecule has 0 aliphatic carbocycles. The van der Waals surface area contributed by atoms with Gasteiger partial charge in [0.15, 0.2) is 0 Å². The predicted octanol–water partition coefficient (Wildman–Crippen LogP) is 1.33. The number of methoxy groups -OCH3 is 1. The van der Waals surface area contributed by atoms with Crippen LogP contribution >= 0.6 is 0 Å². The van der Waals surface area contributed by atoms with E-state index in [1.165, 1.54) is 13.4 Å². The van der Waals surface area contributed by atoms with Crippen molar-refractivity contribution in [3.8, 4) is 0 Å². The third kappa shape index (κ3) is 1.90. The number of rotatable bonds is 1. The van der Waals surface area contributed by atoms with Gasteiger partial charge >= 0.3 is 5.97 Å². The third-order valence-electron chi connectivity index (χ3n) is 2.25. The molecule has 80 valence electrons. The molecule has 14 heavy (non-hydrogen) atoms. The highest BCUT2D eigenvalue weighted by atomic mass is 16.7. The first-order valence-electron chi connectivity index (χ1n) is 4.56.